The van der Waals surface area contributed by atoms with E-state index in [1.54, 1.807) is 18.2 Å². The molecule has 0 saturated carbocycles. The molecule has 0 fully saturated rings. The van der Waals surface area contributed by atoms with Crippen molar-refractivity contribution in [3.8, 4) is 0 Å². The van der Waals surface area contributed by atoms with E-state index in [2.05, 4.69) is 5.32 Å². The van der Waals surface area contributed by atoms with Crippen LogP contribution in [0.4, 0.5) is 11.4 Å². The average molecular weight is 199 g/mol. The number of nitrogens with zero attached hydrogens (tertiary/aromatic N) is 1. The molecule has 1 rings (SSSR count). The van der Waals surface area contributed by atoms with E-state index >= 15 is 0 Å². The predicted octanol–water partition coefficient (Wildman–Crippen LogP) is 1.97. The Morgan fingerprint density at radius 3 is 2.69 bits per heavy atom. The molecule has 3 nitrogen and oxygen atoms in total. The fourth-order valence-corrected chi connectivity index (χ4v) is 1.23. The van der Waals surface area contributed by atoms with Crippen molar-refractivity contribution in [2.24, 2.45) is 0 Å². The quantitative estimate of drug-likeness (QED) is 0.754. The number of hydrogen-bond acceptors (Lipinski definition) is 2. The first-order chi connectivity index (χ1) is 6.15. The maximum atomic E-state index is 10.3. The van der Waals surface area contributed by atoms with Crippen LogP contribution in [-0.2, 0) is 4.79 Å². The molecule has 13 heavy (non-hydrogen) atoms. The summed E-state index contributed by atoms with van der Waals surface area (Å²) in [4.78, 5) is 12.2. The van der Waals surface area contributed by atoms with Crippen molar-refractivity contribution in [2.75, 3.05) is 24.3 Å². The highest BCUT2D eigenvalue weighted by Gasteiger charge is 2.03. The minimum atomic E-state index is 0.649. The van der Waals surface area contributed by atoms with Crippen LogP contribution in [0.25, 0.3) is 0 Å². The molecule has 0 heterocycles. The second-order valence-corrected chi connectivity index (χ2v) is 3.25. The van der Waals surface area contributed by atoms with E-state index in [4.69, 9.17) is 11.6 Å². The van der Waals surface area contributed by atoms with E-state index < -0.39 is 0 Å². The highest BCUT2D eigenvalue weighted by Crippen LogP contribution is 2.27. The molecule has 0 unspecified atom stereocenters. The topological polar surface area (TPSA) is 32.3 Å². The summed E-state index contributed by atoms with van der Waals surface area (Å²) in [7, 11) is 3.78. The first-order valence-corrected chi connectivity index (χ1v) is 4.20. The van der Waals surface area contributed by atoms with Crippen molar-refractivity contribution in [1.29, 1.82) is 0 Å². The van der Waals surface area contributed by atoms with Gasteiger partial charge in [0.15, 0.2) is 0 Å². The number of benzene rings is 1. The Labute approximate surface area is 82.3 Å². The maximum Gasteiger partial charge on any atom is 0.211 e. The van der Waals surface area contributed by atoms with Crippen molar-refractivity contribution >= 4 is 29.4 Å². The molecule has 0 spiro atoms. The Hall–Kier alpha value is -1.22. The molecule has 0 atom stereocenters. The molecule has 70 valence electrons. The van der Waals surface area contributed by atoms with E-state index in [1.165, 1.54) is 0 Å². The third-order valence-electron chi connectivity index (χ3n) is 1.66. The molecule has 0 aromatic heterocycles. The number of anilines is 2. The number of carbonyl (C=O) groups is 1. The van der Waals surface area contributed by atoms with Gasteiger partial charge in [0.25, 0.3) is 0 Å². The van der Waals surface area contributed by atoms with Crippen molar-refractivity contribution in [2.45, 2.75) is 0 Å². The summed E-state index contributed by atoms with van der Waals surface area (Å²) >= 11 is 5.82. The maximum absolute atomic E-state index is 10.3. The van der Waals surface area contributed by atoms with Gasteiger partial charge in [-0.3, -0.25) is 4.79 Å². The fourth-order valence-electron chi connectivity index (χ4n) is 1.06. The highest BCUT2D eigenvalue weighted by atomic mass is 35.5. The Kier molecular flexibility index (Phi) is 3.14. The lowest BCUT2D eigenvalue weighted by Crippen LogP contribution is -2.11. The Morgan fingerprint density at radius 1 is 1.46 bits per heavy atom. The largest absolute Gasteiger partial charge is 0.376 e. The number of rotatable bonds is 3. The molecule has 0 aliphatic heterocycles. The van der Waals surface area contributed by atoms with Gasteiger partial charge in [-0.1, -0.05) is 11.6 Å². The van der Waals surface area contributed by atoms with Gasteiger partial charge in [-0.05, 0) is 18.2 Å². The molecular weight excluding hydrogens is 188 g/mol. The van der Waals surface area contributed by atoms with E-state index in [-0.39, 0.29) is 0 Å². The first kappa shape index (κ1) is 9.86. The Morgan fingerprint density at radius 2 is 2.15 bits per heavy atom. The van der Waals surface area contributed by atoms with Crippen LogP contribution in [0.2, 0.25) is 5.02 Å². The lowest BCUT2D eigenvalue weighted by atomic mass is 10.2. The van der Waals surface area contributed by atoms with Crippen molar-refractivity contribution < 1.29 is 4.79 Å². The number of carbonyl (C=O) groups excluding carboxylic acids is 1. The van der Waals surface area contributed by atoms with Gasteiger partial charge in [-0.25, -0.2) is 0 Å². The minimum Gasteiger partial charge on any atom is -0.376 e. The van der Waals surface area contributed by atoms with Gasteiger partial charge in [0, 0.05) is 19.1 Å². The van der Waals surface area contributed by atoms with Crippen LogP contribution in [0, 0.1) is 0 Å². The Bertz CT molecular complexity index is 312. The summed E-state index contributed by atoms with van der Waals surface area (Å²) in [5.74, 6) is 0. The van der Waals surface area contributed by atoms with Crippen molar-refractivity contribution in [3.05, 3.63) is 23.2 Å². The van der Waals surface area contributed by atoms with Crippen LogP contribution in [0.3, 0.4) is 0 Å². The molecule has 1 aromatic carbocycles. The van der Waals surface area contributed by atoms with Gasteiger partial charge in [0.2, 0.25) is 6.41 Å². The van der Waals surface area contributed by atoms with E-state index in [9.17, 15) is 4.79 Å². The second-order valence-electron chi connectivity index (χ2n) is 2.82. The third-order valence-corrected chi connectivity index (χ3v) is 1.89. The minimum absolute atomic E-state index is 0.649. The van der Waals surface area contributed by atoms with Crippen LogP contribution in [0.1, 0.15) is 0 Å². The van der Waals surface area contributed by atoms with Crippen LogP contribution in [0.5, 0.6) is 0 Å². The van der Waals surface area contributed by atoms with Gasteiger partial charge < -0.3 is 10.2 Å². The average Bonchev–Trinajstić information content (AvgIpc) is 2.08. The number of amides is 1. The van der Waals surface area contributed by atoms with E-state index in [0.717, 1.165) is 11.4 Å². The normalized spacial score (nSPS) is 9.46. The third kappa shape index (κ3) is 2.36. The summed E-state index contributed by atoms with van der Waals surface area (Å²) in [5.41, 5.74) is 1.64. The van der Waals surface area contributed by atoms with Crippen LogP contribution in [0.15, 0.2) is 18.2 Å². The van der Waals surface area contributed by atoms with Gasteiger partial charge >= 0.3 is 0 Å². The lowest BCUT2D eigenvalue weighted by molar-refractivity contribution is -0.105. The van der Waals surface area contributed by atoms with Gasteiger partial charge in [-0.2, -0.15) is 0 Å². The smallest absolute Gasteiger partial charge is 0.211 e. The number of nitrogens with one attached hydrogen (secondary N) is 1. The standard InChI is InChI=1S/C9H11ClN2O/c1-12(2)9-5-7(10)3-4-8(9)11-6-13/h3-6H,1-2H3,(H,11,13). The molecular formula is C9H11ClN2O. The van der Waals surface area contributed by atoms with Crippen LogP contribution >= 0.6 is 11.6 Å². The summed E-state index contributed by atoms with van der Waals surface area (Å²) in [6.07, 6.45) is 0.649. The van der Waals surface area contributed by atoms with Gasteiger partial charge in [0.1, 0.15) is 0 Å². The predicted molar refractivity (Wildman–Crippen MR) is 55.5 cm³/mol. The number of hydrogen-bond donors (Lipinski definition) is 1. The zero-order valence-corrected chi connectivity index (χ0v) is 8.30. The monoisotopic (exact) mass is 198 g/mol. The van der Waals surface area contributed by atoms with Gasteiger partial charge in [-0.15, -0.1) is 0 Å². The molecule has 0 aliphatic rings. The zero-order valence-electron chi connectivity index (χ0n) is 7.54. The lowest BCUT2D eigenvalue weighted by Gasteiger charge is -2.16. The molecule has 4 heteroatoms. The van der Waals surface area contributed by atoms with Crippen LogP contribution in [-0.4, -0.2) is 20.5 Å². The molecule has 0 radical (unpaired) electrons. The van der Waals surface area contributed by atoms with Crippen molar-refractivity contribution in [3.63, 3.8) is 0 Å². The summed E-state index contributed by atoms with van der Waals surface area (Å²) < 4.78 is 0. The fraction of sp³-hybridized carbons (Fsp3) is 0.222. The molecule has 1 N–H and O–H groups in total. The molecule has 1 amide bonds. The summed E-state index contributed by atoms with van der Waals surface area (Å²) in [5, 5.41) is 3.26. The Balaban J connectivity index is 3.10. The molecule has 1 aromatic rings. The van der Waals surface area contributed by atoms with E-state index in [1.807, 2.05) is 19.0 Å². The molecule has 0 bridgehead atoms. The molecule has 0 aliphatic carbocycles. The highest BCUT2D eigenvalue weighted by molar-refractivity contribution is 6.31. The zero-order chi connectivity index (χ0) is 9.84. The number of halogens is 1. The van der Waals surface area contributed by atoms with E-state index in [0.29, 0.717) is 11.4 Å². The van der Waals surface area contributed by atoms with Gasteiger partial charge in [0.05, 0.1) is 11.4 Å². The summed E-state index contributed by atoms with van der Waals surface area (Å²) in [6, 6.07) is 5.31. The molecule has 0 saturated heterocycles. The SMILES string of the molecule is CN(C)c1cc(Cl)ccc1NC=O. The van der Waals surface area contributed by atoms with Crippen molar-refractivity contribution in [1.82, 2.24) is 0 Å². The first-order valence-electron chi connectivity index (χ1n) is 3.82. The summed E-state index contributed by atoms with van der Waals surface area (Å²) in [6.45, 7) is 0. The van der Waals surface area contributed by atoms with Crippen LogP contribution < -0.4 is 10.2 Å². The second kappa shape index (κ2) is 4.14.